The second kappa shape index (κ2) is 10.9. The zero-order valence-electron chi connectivity index (χ0n) is 22.6. The number of H-pyrrole nitrogens is 1. The summed E-state index contributed by atoms with van der Waals surface area (Å²) in [4.78, 5) is 34.3. The van der Waals surface area contributed by atoms with Crippen LogP contribution < -0.4 is 0 Å². The molecule has 4 aromatic rings. The number of fused-ring (bicyclic) bond motifs is 1. The van der Waals surface area contributed by atoms with E-state index in [-0.39, 0.29) is 29.8 Å². The number of para-hydroxylation sites is 1. The summed E-state index contributed by atoms with van der Waals surface area (Å²) in [6.07, 6.45) is 4.69. The highest BCUT2D eigenvalue weighted by Crippen LogP contribution is 2.29. The van der Waals surface area contributed by atoms with Crippen LogP contribution in [-0.2, 0) is 23.2 Å². The molecule has 5 rings (SSSR count). The molecule has 1 fully saturated rings. The minimum absolute atomic E-state index is 0.0137. The molecule has 1 saturated carbocycles. The van der Waals surface area contributed by atoms with Gasteiger partial charge in [0.15, 0.2) is 0 Å². The van der Waals surface area contributed by atoms with E-state index in [1.165, 1.54) is 16.5 Å². The maximum absolute atomic E-state index is 13.8. The average Bonchev–Trinajstić information content (AvgIpc) is 3.68. The number of rotatable bonds is 9. The third-order valence-corrected chi connectivity index (χ3v) is 7.45. The third kappa shape index (κ3) is 5.99. The summed E-state index contributed by atoms with van der Waals surface area (Å²) in [7, 11) is 0. The zero-order chi connectivity index (χ0) is 26.7. The van der Waals surface area contributed by atoms with Crippen LogP contribution in [0, 0.1) is 0 Å². The van der Waals surface area contributed by atoms with E-state index in [4.69, 9.17) is 0 Å². The standard InChI is InChI=1S/C33H37N3O2/c1-33(2,3)27-15-13-25(14-16-27)32(38)36(28-17-18-28)23-31(37)35(22-24-9-5-4-6-10-24)20-19-26-21-34-30-12-8-7-11-29(26)30/h4-16,21,28,34H,17-20,22-23H2,1-3H3. The van der Waals surface area contributed by atoms with Gasteiger partial charge >= 0.3 is 0 Å². The van der Waals surface area contributed by atoms with Gasteiger partial charge in [0, 0.05) is 41.8 Å². The molecule has 5 heteroatoms. The van der Waals surface area contributed by atoms with Gasteiger partial charge in [-0.25, -0.2) is 0 Å². The Morgan fingerprint density at radius 1 is 0.895 bits per heavy atom. The molecule has 5 nitrogen and oxygen atoms in total. The molecule has 1 N–H and O–H groups in total. The van der Waals surface area contributed by atoms with Gasteiger partial charge in [0.1, 0.15) is 6.54 Å². The molecule has 0 radical (unpaired) electrons. The van der Waals surface area contributed by atoms with Gasteiger partial charge in [-0.3, -0.25) is 9.59 Å². The molecule has 0 bridgehead atoms. The predicted molar refractivity (Wildman–Crippen MR) is 153 cm³/mol. The lowest BCUT2D eigenvalue weighted by atomic mass is 9.86. The fraction of sp³-hybridized carbons (Fsp3) is 0.333. The lowest BCUT2D eigenvalue weighted by Crippen LogP contribution is -2.44. The number of hydrogen-bond acceptors (Lipinski definition) is 2. The first-order valence-corrected chi connectivity index (χ1v) is 13.6. The van der Waals surface area contributed by atoms with Crippen LogP contribution in [0.2, 0.25) is 0 Å². The minimum atomic E-state index is -0.0578. The first kappa shape index (κ1) is 25.8. The molecule has 38 heavy (non-hydrogen) atoms. The second-order valence-corrected chi connectivity index (χ2v) is 11.4. The van der Waals surface area contributed by atoms with Crippen LogP contribution in [0.25, 0.3) is 10.9 Å². The molecule has 2 amide bonds. The quantitative estimate of drug-likeness (QED) is 0.287. The van der Waals surface area contributed by atoms with Crippen molar-refractivity contribution in [3.05, 3.63) is 107 Å². The van der Waals surface area contributed by atoms with E-state index in [1.54, 1.807) is 4.90 Å². The molecule has 196 valence electrons. The molecular formula is C33H37N3O2. The Hall–Kier alpha value is -3.86. The van der Waals surface area contributed by atoms with Crippen molar-refractivity contribution in [1.29, 1.82) is 0 Å². The maximum atomic E-state index is 13.8. The van der Waals surface area contributed by atoms with Crippen molar-refractivity contribution in [2.45, 2.75) is 58.0 Å². The Kier molecular flexibility index (Phi) is 7.37. The first-order valence-electron chi connectivity index (χ1n) is 13.6. The van der Waals surface area contributed by atoms with Crippen molar-refractivity contribution in [2.75, 3.05) is 13.1 Å². The highest BCUT2D eigenvalue weighted by atomic mass is 16.2. The summed E-state index contributed by atoms with van der Waals surface area (Å²) < 4.78 is 0. The summed E-state index contributed by atoms with van der Waals surface area (Å²) in [6, 6.07) is 26.3. The van der Waals surface area contributed by atoms with Crippen LogP contribution in [0.3, 0.4) is 0 Å². The third-order valence-electron chi connectivity index (χ3n) is 7.45. The van der Waals surface area contributed by atoms with Crippen molar-refractivity contribution in [3.8, 4) is 0 Å². The van der Waals surface area contributed by atoms with E-state index in [2.05, 4.69) is 37.9 Å². The predicted octanol–water partition coefficient (Wildman–Crippen LogP) is 6.34. The SMILES string of the molecule is CC(C)(C)c1ccc(C(=O)N(CC(=O)N(CCc2c[nH]c3ccccc23)Cc2ccccc2)C2CC2)cc1. The molecule has 0 spiro atoms. The number of aromatic nitrogens is 1. The van der Waals surface area contributed by atoms with Crippen molar-refractivity contribution in [2.24, 2.45) is 0 Å². The van der Waals surface area contributed by atoms with Gasteiger partial charge in [-0.2, -0.15) is 0 Å². The lowest BCUT2D eigenvalue weighted by Gasteiger charge is -2.28. The van der Waals surface area contributed by atoms with Gasteiger partial charge in [0.05, 0.1) is 0 Å². The topological polar surface area (TPSA) is 56.4 Å². The minimum Gasteiger partial charge on any atom is -0.361 e. The molecule has 1 aromatic heterocycles. The van der Waals surface area contributed by atoms with Crippen molar-refractivity contribution >= 4 is 22.7 Å². The van der Waals surface area contributed by atoms with E-state index < -0.39 is 0 Å². The molecule has 0 atom stereocenters. The fourth-order valence-corrected chi connectivity index (χ4v) is 4.97. The molecule has 0 saturated heterocycles. The van der Waals surface area contributed by atoms with Gasteiger partial charge in [-0.15, -0.1) is 0 Å². The van der Waals surface area contributed by atoms with Crippen LogP contribution >= 0.6 is 0 Å². The van der Waals surface area contributed by atoms with Crippen molar-refractivity contribution in [1.82, 2.24) is 14.8 Å². The number of benzene rings is 3. The molecular weight excluding hydrogens is 470 g/mol. The summed E-state index contributed by atoms with van der Waals surface area (Å²) >= 11 is 0. The lowest BCUT2D eigenvalue weighted by molar-refractivity contribution is -0.132. The van der Waals surface area contributed by atoms with Crippen LogP contribution in [0.5, 0.6) is 0 Å². The van der Waals surface area contributed by atoms with Gasteiger partial charge in [-0.05, 0) is 59.6 Å². The van der Waals surface area contributed by atoms with Crippen LogP contribution in [0.4, 0.5) is 0 Å². The van der Waals surface area contributed by atoms with Gasteiger partial charge in [0.2, 0.25) is 5.91 Å². The normalized spacial score (nSPS) is 13.4. The number of carbonyl (C=O) groups excluding carboxylic acids is 2. The Labute approximate surface area is 225 Å². The van der Waals surface area contributed by atoms with E-state index >= 15 is 0 Å². The molecule has 3 aromatic carbocycles. The monoisotopic (exact) mass is 507 g/mol. The van der Waals surface area contributed by atoms with Crippen molar-refractivity contribution in [3.63, 3.8) is 0 Å². The van der Waals surface area contributed by atoms with E-state index in [1.807, 2.05) is 77.8 Å². The Morgan fingerprint density at radius 3 is 2.26 bits per heavy atom. The van der Waals surface area contributed by atoms with E-state index in [9.17, 15) is 9.59 Å². The Balaban J connectivity index is 1.33. The summed E-state index contributed by atoms with van der Waals surface area (Å²) in [5, 5.41) is 1.19. The summed E-state index contributed by atoms with van der Waals surface area (Å²) in [5.41, 5.74) is 5.24. The number of hydrogen-bond donors (Lipinski definition) is 1. The number of nitrogens with one attached hydrogen (secondary N) is 1. The fourth-order valence-electron chi connectivity index (χ4n) is 4.97. The highest BCUT2D eigenvalue weighted by Gasteiger charge is 2.35. The van der Waals surface area contributed by atoms with Crippen LogP contribution in [0.15, 0.2) is 85.1 Å². The number of amides is 2. The Morgan fingerprint density at radius 2 is 1.58 bits per heavy atom. The smallest absolute Gasteiger partial charge is 0.254 e. The second-order valence-electron chi connectivity index (χ2n) is 11.4. The highest BCUT2D eigenvalue weighted by molar-refractivity contribution is 5.97. The summed E-state index contributed by atoms with van der Waals surface area (Å²) in [5.74, 6) is -0.0714. The maximum Gasteiger partial charge on any atom is 0.254 e. The van der Waals surface area contributed by atoms with Crippen LogP contribution in [-0.4, -0.2) is 45.7 Å². The van der Waals surface area contributed by atoms with Gasteiger partial charge < -0.3 is 14.8 Å². The van der Waals surface area contributed by atoms with E-state index in [0.717, 1.165) is 30.3 Å². The Bertz CT molecular complexity index is 1400. The average molecular weight is 508 g/mol. The van der Waals surface area contributed by atoms with Crippen molar-refractivity contribution < 1.29 is 9.59 Å². The first-order chi connectivity index (χ1) is 18.3. The van der Waals surface area contributed by atoms with Gasteiger partial charge in [0.25, 0.3) is 5.91 Å². The van der Waals surface area contributed by atoms with E-state index in [0.29, 0.717) is 18.7 Å². The largest absolute Gasteiger partial charge is 0.361 e. The molecule has 1 heterocycles. The molecule has 0 unspecified atom stereocenters. The molecule has 1 aliphatic rings. The van der Waals surface area contributed by atoms with Crippen LogP contribution in [0.1, 0.15) is 60.7 Å². The molecule has 0 aliphatic heterocycles. The molecule has 1 aliphatic carbocycles. The van der Waals surface area contributed by atoms with Gasteiger partial charge in [-0.1, -0.05) is 81.4 Å². The zero-order valence-corrected chi connectivity index (χ0v) is 22.6. The number of carbonyl (C=O) groups is 2. The number of nitrogens with zero attached hydrogens (tertiary/aromatic N) is 2. The number of aromatic amines is 1. The summed E-state index contributed by atoms with van der Waals surface area (Å²) in [6.45, 7) is 7.70.